The van der Waals surface area contributed by atoms with Crippen LogP contribution in [0.15, 0.2) is 96.4 Å². The number of carbonyl (C=O) groups is 2. The van der Waals surface area contributed by atoms with E-state index in [1.807, 2.05) is 42.6 Å². The highest BCUT2D eigenvalue weighted by molar-refractivity contribution is 7.14. The summed E-state index contributed by atoms with van der Waals surface area (Å²) in [5, 5.41) is 6.71. The fourth-order valence-corrected chi connectivity index (χ4v) is 8.25. The zero-order valence-electron chi connectivity index (χ0n) is 24.9. The summed E-state index contributed by atoms with van der Waals surface area (Å²) in [6.07, 6.45) is 0.745. The SMILES string of the molecule is CCN(Cc1ccc(Cl)cc1Cl)C(=O)c1cccc(-c2csc(NC(=O)C3(C)CC4c5ccccc5C3c3ccccc34)n2)c1. The first-order chi connectivity index (χ1) is 21.8. The molecule has 1 heterocycles. The van der Waals surface area contributed by atoms with E-state index in [2.05, 4.69) is 60.8 Å². The lowest BCUT2D eigenvalue weighted by molar-refractivity contribution is -0.126. The van der Waals surface area contributed by atoms with Crippen molar-refractivity contribution in [3.63, 3.8) is 0 Å². The molecule has 3 aliphatic rings. The Labute approximate surface area is 276 Å². The number of hydrogen-bond acceptors (Lipinski definition) is 4. The average molecular weight is 653 g/mol. The van der Waals surface area contributed by atoms with Crippen LogP contribution in [0.3, 0.4) is 0 Å². The second-order valence-corrected chi connectivity index (χ2v) is 13.7. The van der Waals surface area contributed by atoms with Gasteiger partial charge in [-0.25, -0.2) is 4.98 Å². The van der Waals surface area contributed by atoms with E-state index in [0.29, 0.717) is 39.5 Å². The lowest BCUT2D eigenvalue weighted by Gasteiger charge is -2.50. The number of rotatable bonds is 7. The lowest BCUT2D eigenvalue weighted by atomic mass is 9.52. The van der Waals surface area contributed by atoms with Crippen molar-refractivity contribution < 1.29 is 9.59 Å². The van der Waals surface area contributed by atoms with Crippen molar-refractivity contribution in [2.45, 2.75) is 38.6 Å². The highest BCUT2D eigenvalue weighted by Gasteiger charge is 2.54. The summed E-state index contributed by atoms with van der Waals surface area (Å²) in [5.74, 6) is 0.0331. The van der Waals surface area contributed by atoms with Crippen LogP contribution in [0.4, 0.5) is 5.13 Å². The van der Waals surface area contributed by atoms with E-state index in [1.165, 1.54) is 33.6 Å². The fraction of sp³-hybridized carbons (Fsp3) is 0.216. The standard InChI is InChI=1S/C37H31Cl2N3O2S/c1-3-42(20-24-15-16-25(38)18-31(24)39)34(43)23-10-8-9-22(17-23)32-21-45-36(40-32)41-35(44)37(2)19-30-26-11-4-6-13-28(26)33(37)29-14-7-5-12-27(29)30/h4-18,21,30,33H,3,19-20H2,1-2H3,(H,40,41,44). The summed E-state index contributed by atoms with van der Waals surface area (Å²) in [6.45, 7) is 4.92. The van der Waals surface area contributed by atoms with E-state index in [0.717, 1.165) is 17.5 Å². The van der Waals surface area contributed by atoms with Crippen molar-refractivity contribution in [1.82, 2.24) is 9.88 Å². The number of amides is 2. The Hall–Kier alpha value is -3.97. The molecule has 0 saturated carbocycles. The maximum Gasteiger partial charge on any atom is 0.254 e. The Morgan fingerprint density at radius 3 is 2.29 bits per heavy atom. The Bertz CT molecular complexity index is 1910. The van der Waals surface area contributed by atoms with Gasteiger partial charge in [0.15, 0.2) is 5.13 Å². The summed E-state index contributed by atoms with van der Waals surface area (Å²) < 4.78 is 0. The van der Waals surface area contributed by atoms with Gasteiger partial charge in [0.25, 0.3) is 5.91 Å². The number of thiazole rings is 1. The predicted octanol–water partition coefficient (Wildman–Crippen LogP) is 9.41. The molecule has 5 nitrogen and oxygen atoms in total. The van der Waals surface area contributed by atoms with Crippen molar-refractivity contribution >= 4 is 51.5 Å². The van der Waals surface area contributed by atoms with Gasteiger partial charge in [-0.15, -0.1) is 11.3 Å². The Balaban J connectivity index is 1.11. The smallest absolute Gasteiger partial charge is 0.254 e. The Morgan fingerprint density at radius 2 is 1.62 bits per heavy atom. The summed E-state index contributed by atoms with van der Waals surface area (Å²) >= 11 is 13.8. The van der Waals surface area contributed by atoms with Gasteiger partial charge in [0.2, 0.25) is 5.91 Å². The van der Waals surface area contributed by atoms with E-state index >= 15 is 0 Å². The van der Waals surface area contributed by atoms with Crippen LogP contribution in [0.1, 0.15) is 70.3 Å². The molecule has 0 aliphatic heterocycles. The maximum atomic E-state index is 14.1. The highest BCUT2D eigenvalue weighted by atomic mass is 35.5. The topological polar surface area (TPSA) is 62.3 Å². The van der Waals surface area contributed by atoms with Crippen LogP contribution in [-0.2, 0) is 11.3 Å². The molecule has 0 fully saturated rings. The van der Waals surface area contributed by atoms with Crippen molar-refractivity contribution in [1.29, 1.82) is 0 Å². The number of anilines is 1. The van der Waals surface area contributed by atoms with E-state index in [1.54, 1.807) is 17.0 Å². The third-order valence-electron chi connectivity index (χ3n) is 9.32. The van der Waals surface area contributed by atoms with Gasteiger partial charge in [0.05, 0.1) is 11.1 Å². The van der Waals surface area contributed by atoms with Crippen molar-refractivity contribution in [3.8, 4) is 11.3 Å². The van der Waals surface area contributed by atoms with Crippen molar-refractivity contribution in [3.05, 3.63) is 140 Å². The molecule has 4 aromatic carbocycles. The van der Waals surface area contributed by atoms with Gasteiger partial charge in [-0.3, -0.25) is 9.59 Å². The molecule has 0 spiro atoms. The van der Waals surface area contributed by atoms with E-state index in [9.17, 15) is 9.59 Å². The maximum absolute atomic E-state index is 14.1. The number of nitrogens with one attached hydrogen (secondary N) is 1. The lowest BCUT2D eigenvalue weighted by Crippen LogP contribution is -2.47. The molecule has 2 bridgehead atoms. The van der Waals surface area contributed by atoms with Crippen LogP contribution in [-0.4, -0.2) is 28.2 Å². The quantitative estimate of drug-likeness (QED) is 0.191. The number of fused-ring (bicyclic) bond motifs is 1. The number of aromatic nitrogens is 1. The number of halogens is 2. The van der Waals surface area contributed by atoms with Gasteiger partial charge in [0.1, 0.15) is 0 Å². The minimum atomic E-state index is -0.623. The van der Waals surface area contributed by atoms with Crippen LogP contribution < -0.4 is 5.32 Å². The second kappa shape index (κ2) is 11.8. The second-order valence-electron chi connectivity index (χ2n) is 12.0. The van der Waals surface area contributed by atoms with Gasteiger partial charge in [-0.05, 0) is 72.4 Å². The van der Waals surface area contributed by atoms with Gasteiger partial charge < -0.3 is 10.2 Å². The summed E-state index contributed by atoms with van der Waals surface area (Å²) in [7, 11) is 0. The minimum absolute atomic E-state index is 0.0224. The first kappa shape index (κ1) is 29.7. The predicted molar refractivity (Wildman–Crippen MR) is 182 cm³/mol. The normalized spacial score (nSPS) is 19.5. The monoisotopic (exact) mass is 651 g/mol. The van der Waals surface area contributed by atoms with Gasteiger partial charge in [-0.2, -0.15) is 0 Å². The largest absolute Gasteiger partial charge is 0.335 e. The molecule has 1 N–H and O–H groups in total. The third-order valence-corrected chi connectivity index (χ3v) is 10.7. The average Bonchev–Trinajstić information content (AvgIpc) is 3.53. The molecule has 3 aliphatic carbocycles. The molecular weight excluding hydrogens is 621 g/mol. The summed E-state index contributed by atoms with van der Waals surface area (Å²) in [5.41, 5.74) is 7.42. The van der Waals surface area contributed by atoms with Crippen LogP contribution in [0, 0.1) is 5.41 Å². The van der Waals surface area contributed by atoms with Crippen LogP contribution in [0.25, 0.3) is 11.3 Å². The highest BCUT2D eigenvalue weighted by Crippen LogP contribution is 2.61. The van der Waals surface area contributed by atoms with Crippen LogP contribution >= 0.6 is 34.5 Å². The molecular formula is C37H31Cl2N3O2S. The first-order valence-corrected chi connectivity index (χ1v) is 16.7. The molecule has 8 rings (SSSR count). The molecule has 8 heteroatoms. The van der Waals surface area contributed by atoms with E-state index in [-0.39, 0.29) is 23.7 Å². The van der Waals surface area contributed by atoms with Gasteiger partial charge >= 0.3 is 0 Å². The van der Waals surface area contributed by atoms with Crippen LogP contribution in [0.5, 0.6) is 0 Å². The van der Waals surface area contributed by atoms with Gasteiger partial charge in [-0.1, -0.05) is 89.9 Å². The van der Waals surface area contributed by atoms with E-state index in [4.69, 9.17) is 28.2 Å². The molecule has 0 saturated heterocycles. The number of nitrogens with zero attached hydrogens (tertiary/aromatic N) is 2. The summed E-state index contributed by atoms with van der Waals surface area (Å²) in [4.78, 5) is 34.1. The van der Waals surface area contributed by atoms with Crippen molar-refractivity contribution in [2.75, 3.05) is 11.9 Å². The number of hydrogen-bond donors (Lipinski definition) is 1. The first-order valence-electron chi connectivity index (χ1n) is 15.0. The summed E-state index contributed by atoms with van der Waals surface area (Å²) in [6, 6.07) is 29.8. The van der Waals surface area contributed by atoms with Crippen LogP contribution in [0.2, 0.25) is 10.0 Å². The molecule has 1 atom stereocenters. The Morgan fingerprint density at radius 1 is 0.933 bits per heavy atom. The van der Waals surface area contributed by atoms with Gasteiger partial charge in [0, 0.05) is 51.5 Å². The molecule has 1 aromatic heterocycles. The number of benzene rings is 4. The number of carbonyl (C=O) groups excluding carboxylic acids is 2. The Kier molecular flexibility index (Phi) is 7.76. The van der Waals surface area contributed by atoms with E-state index < -0.39 is 5.41 Å². The zero-order valence-corrected chi connectivity index (χ0v) is 27.2. The zero-order chi connectivity index (χ0) is 31.3. The molecule has 226 valence electrons. The molecule has 5 aromatic rings. The fourth-order valence-electron chi connectivity index (χ4n) is 7.07. The molecule has 2 amide bonds. The minimum Gasteiger partial charge on any atom is -0.335 e. The molecule has 45 heavy (non-hydrogen) atoms. The third kappa shape index (κ3) is 5.25. The molecule has 0 radical (unpaired) electrons. The molecule has 1 unspecified atom stereocenters. The van der Waals surface area contributed by atoms with Crippen molar-refractivity contribution in [2.24, 2.45) is 5.41 Å².